The third kappa shape index (κ3) is 8.51. The van der Waals surface area contributed by atoms with Crippen LogP contribution in [0.15, 0.2) is 65.8 Å². The van der Waals surface area contributed by atoms with Crippen LogP contribution in [-0.4, -0.2) is 56.8 Å². The molecule has 0 bridgehead atoms. The Kier molecular flexibility index (Phi) is 10.7. The molecule has 0 aromatic heterocycles. The first kappa shape index (κ1) is 30.1. The molecule has 0 radical (unpaired) electrons. The van der Waals surface area contributed by atoms with Crippen LogP contribution < -0.4 is 29.7 Å². The lowest BCUT2D eigenvalue weighted by Gasteiger charge is -2.11. The van der Waals surface area contributed by atoms with E-state index in [9.17, 15) is 24.5 Å². The molecule has 2 N–H and O–H groups in total. The van der Waals surface area contributed by atoms with Crippen molar-refractivity contribution in [3.8, 4) is 23.0 Å². The molecule has 0 atom stereocenters. The van der Waals surface area contributed by atoms with Gasteiger partial charge in [-0.3, -0.25) is 19.7 Å². The first-order valence-electron chi connectivity index (χ1n) is 12.2. The van der Waals surface area contributed by atoms with E-state index in [4.69, 9.17) is 18.9 Å². The molecule has 0 saturated heterocycles. The van der Waals surface area contributed by atoms with Gasteiger partial charge in [0, 0.05) is 30.7 Å². The van der Waals surface area contributed by atoms with Crippen molar-refractivity contribution in [1.29, 1.82) is 0 Å². The number of carbonyl (C=O) groups is 3. The monoisotopic (exact) mass is 564 g/mol. The summed E-state index contributed by atoms with van der Waals surface area (Å²) < 4.78 is 21.2. The number of methoxy groups -OCH3 is 3. The fourth-order valence-electron chi connectivity index (χ4n) is 3.52. The Balaban J connectivity index is 1.48. The number of nitro benzene ring substituents is 1. The van der Waals surface area contributed by atoms with Crippen molar-refractivity contribution in [3.05, 3.63) is 87.5 Å². The van der Waals surface area contributed by atoms with Crippen LogP contribution in [0.2, 0.25) is 0 Å². The Morgan fingerprint density at radius 2 is 1.59 bits per heavy atom. The number of nitrogens with zero attached hydrogens (tertiary/aromatic N) is 2. The predicted molar refractivity (Wildman–Crippen MR) is 148 cm³/mol. The lowest BCUT2D eigenvalue weighted by atomic mass is 10.2. The SMILES string of the molecule is COc1ccc(C(=O)Oc2ccc(C=NNC(=O)CCCNC(=O)c3cccc([N+](=O)[O-])c3)cc2OC)cc1OC. The highest BCUT2D eigenvalue weighted by Gasteiger charge is 2.16. The van der Waals surface area contributed by atoms with Crippen molar-refractivity contribution in [2.45, 2.75) is 12.8 Å². The summed E-state index contributed by atoms with van der Waals surface area (Å²) in [6, 6.07) is 14.7. The number of non-ortho nitro benzene ring substituents is 1. The topological polar surface area (TPSA) is 168 Å². The summed E-state index contributed by atoms with van der Waals surface area (Å²) in [4.78, 5) is 47.1. The van der Waals surface area contributed by atoms with Gasteiger partial charge in [0.15, 0.2) is 23.0 Å². The maximum absolute atomic E-state index is 12.6. The molecule has 13 nitrogen and oxygen atoms in total. The van der Waals surface area contributed by atoms with E-state index in [0.29, 0.717) is 23.5 Å². The lowest BCUT2D eigenvalue weighted by molar-refractivity contribution is -0.384. The van der Waals surface area contributed by atoms with Crippen molar-refractivity contribution in [2.75, 3.05) is 27.9 Å². The van der Waals surface area contributed by atoms with Crippen molar-refractivity contribution in [1.82, 2.24) is 10.7 Å². The molecule has 0 saturated carbocycles. The second-order valence-electron chi connectivity index (χ2n) is 8.33. The smallest absolute Gasteiger partial charge is 0.343 e. The first-order valence-corrected chi connectivity index (χ1v) is 12.2. The average Bonchev–Trinajstić information content (AvgIpc) is 2.99. The lowest BCUT2D eigenvalue weighted by Crippen LogP contribution is -2.26. The van der Waals surface area contributed by atoms with Crippen LogP contribution in [0.3, 0.4) is 0 Å². The summed E-state index contributed by atoms with van der Waals surface area (Å²) in [6.45, 7) is 0.194. The minimum Gasteiger partial charge on any atom is -0.493 e. The van der Waals surface area contributed by atoms with E-state index in [0.717, 1.165) is 0 Å². The average molecular weight is 565 g/mol. The summed E-state index contributed by atoms with van der Waals surface area (Å²) in [5.74, 6) is -0.166. The largest absolute Gasteiger partial charge is 0.493 e. The molecule has 0 aliphatic carbocycles. The van der Waals surface area contributed by atoms with E-state index in [2.05, 4.69) is 15.8 Å². The summed E-state index contributed by atoms with van der Waals surface area (Å²) in [6.07, 6.45) is 1.81. The molecule has 214 valence electrons. The van der Waals surface area contributed by atoms with Gasteiger partial charge in [0.25, 0.3) is 11.6 Å². The minimum atomic E-state index is -0.626. The highest BCUT2D eigenvalue weighted by atomic mass is 16.6. The Morgan fingerprint density at radius 1 is 0.878 bits per heavy atom. The van der Waals surface area contributed by atoms with E-state index in [-0.39, 0.29) is 47.2 Å². The second kappa shape index (κ2) is 14.6. The molecule has 0 aliphatic heterocycles. The molecule has 0 unspecified atom stereocenters. The van der Waals surface area contributed by atoms with Gasteiger partial charge in [-0.2, -0.15) is 5.10 Å². The van der Waals surface area contributed by atoms with Crippen LogP contribution in [0.25, 0.3) is 0 Å². The Bertz CT molecular complexity index is 1460. The molecular formula is C28H28N4O9. The zero-order valence-corrected chi connectivity index (χ0v) is 22.5. The fourth-order valence-corrected chi connectivity index (χ4v) is 3.52. The number of amides is 2. The van der Waals surface area contributed by atoms with Gasteiger partial charge in [-0.1, -0.05) is 6.07 Å². The van der Waals surface area contributed by atoms with Crippen LogP contribution in [0, 0.1) is 10.1 Å². The normalized spacial score (nSPS) is 10.5. The Hall–Kier alpha value is -5.46. The number of nitrogens with one attached hydrogen (secondary N) is 2. The van der Waals surface area contributed by atoms with Gasteiger partial charge in [-0.25, -0.2) is 10.2 Å². The van der Waals surface area contributed by atoms with E-state index in [1.54, 1.807) is 24.3 Å². The molecule has 3 aromatic carbocycles. The number of rotatable bonds is 13. The number of ether oxygens (including phenoxy) is 4. The molecule has 0 spiro atoms. The number of esters is 1. The van der Waals surface area contributed by atoms with Gasteiger partial charge in [0.05, 0.1) is 38.0 Å². The number of benzene rings is 3. The molecule has 13 heteroatoms. The first-order chi connectivity index (χ1) is 19.7. The van der Waals surface area contributed by atoms with Gasteiger partial charge in [0.2, 0.25) is 5.91 Å². The predicted octanol–water partition coefficient (Wildman–Crippen LogP) is 3.50. The quantitative estimate of drug-likeness (QED) is 0.0788. The van der Waals surface area contributed by atoms with Crippen LogP contribution >= 0.6 is 0 Å². The molecule has 3 aromatic rings. The summed E-state index contributed by atoms with van der Waals surface area (Å²) in [7, 11) is 4.37. The zero-order chi connectivity index (χ0) is 29.8. The van der Waals surface area contributed by atoms with Gasteiger partial charge in [-0.15, -0.1) is 0 Å². The standard InChI is InChI=1S/C28H28N4O9/c1-38-22-12-10-20(16-25(22)40-3)28(35)41-23-11-9-18(14-24(23)39-2)17-30-31-26(33)8-5-13-29-27(34)19-6-4-7-21(15-19)32(36)37/h4,6-7,9-12,14-17H,5,8,13H2,1-3H3,(H,29,34)(H,31,33). The van der Waals surface area contributed by atoms with E-state index in [1.807, 2.05) is 0 Å². The molecule has 2 amide bonds. The molecule has 0 aliphatic rings. The molecule has 3 rings (SSSR count). The highest BCUT2D eigenvalue weighted by molar-refractivity contribution is 5.95. The molecule has 0 fully saturated rings. The third-order valence-corrected chi connectivity index (χ3v) is 5.60. The number of hydrazone groups is 1. The van der Waals surface area contributed by atoms with Crippen LogP contribution in [0.5, 0.6) is 23.0 Å². The Labute approximate surface area is 235 Å². The fraction of sp³-hybridized carbons (Fsp3) is 0.214. The highest BCUT2D eigenvalue weighted by Crippen LogP contribution is 2.31. The van der Waals surface area contributed by atoms with Crippen LogP contribution in [-0.2, 0) is 4.79 Å². The van der Waals surface area contributed by atoms with E-state index >= 15 is 0 Å². The molecule has 41 heavy (non-hydrogen) atoms. The summed E-state index contributed by atoms with van der Waals surface area (Å²) >= 11 is 0. The van der Waals surface area contributed by atoms with Crippen LogP contribution in [0.4, 0.5) is 5.69 Å². The van der Waals surface area contributed by atoms with Gasteiger partial charge in [-0.05, 0) is 54.4 Å². The van der Waals surface area contributed by atoms with Crippen LogP contribution in [0.1, 0.15) is 39.1 Å². The van der Waals surface area contributed by atoms with Gasteiger partial charge in [0.1, 0.15) is 0 Å². The van der Waals surface area contributed by atoms with Crippen molar-refractivity contribution in [2.24, 2.45) is 5.10 Å². The summed E-state index contributed by atoms with van der Waals surface area (Å²) in [5, 5.41) is 17.4. The Morgan fingerprint density at radius 3 is 2.29 bits per heavy atom. The zero-order valence-electron chi connectivity index (χ0n) is 22.5. The number of carbonyl (C=O) groups excluding carboxylic acids is 3. The van der Waals surface area contributed by atoms with Crippen molar-refractivity contribution in [3.63, 3.8) is 0 Å². The number of hydrogen-bond donors (Lipinski definition) is 2. The van der Waals surface area contributed by atoms with Gasteiger partial charge < -0.3 is 24.3 Å². The number of nitro groups is 1. The third-order valence-electron chi connectivity index (χ3n) is 5.60. The van der Waals surface area contributed by atoms with E-state index < -0.39 is 16.8 Å². The second-order valence-corrected chi connectivity index (χ2v) is 8.33. The number of hydrogen-bond acceptors (Lipinski definition) is 10. The molecule has 0 heterocycles. The maximum atomic E-state index is 12.6. The van der Waals surface area contributed by atoms with Gasteiger partial charge >= 0.3 is 5.97 Å². The van der Waals surface area contributed by atoms with E-state index in [1.165, 1.54) is 63.9 Å². The maximum Gasteiger partial charge on any atom is 0.343 e. The minimum absolute atomic E-state index is 0.0842. The summed E-state index contributed by atoms with van der Waals surface area (Å²) in [5.41, 5.74) is 3.19. The van der Waals surface area contributed by atoms with Crippen molar-refractivity contribution >= 4 is 29.7 Å². The van der Waals surface area contributed by atoms with Crippen molar-refractivity contribution < 1.29 is 38.3 Å². The molecular weight excluding hydrogens is 536 g/mol.